The second-order valence-electron chi connectivity index (χ2n) is 7.00. The fraction of sp³-hybridized carbons (Fsp3) is 0.160. The van der Waals surface area contributed by atoms with Crippen LogP contribution in [0.15, 0.2) is 90.1 Å². The number of Topliss-reactive ketones (excluding diaryl/α,β-unsaturated/α-hetero) is 1. The van der Waals surface area contributed by atoms with Gasteiger partial charge in [0, 0.05) is 11.3 Å². The van der Waals surface area contributed by atoms with E-state index in [0.29, 0.717) is 28.0 Å². The highest BCUT2D eigenvalue weighted by Crippen LogP contribution is 2.32. The van der Waals surface area contributed by atoms with E-state index in [0.717, 1.165) is 5.69 Å². The van der Waals surface area contributed by atoms with Crippen LogP contribution in [0.3, 0.4) is 0 Å². The Labute approximate surface area is 191 Å². The van der Waals surface area contributed by atoms with Crippen LogP contribution in [0.5, 0.6) is 11.5 Å². The Kier molecular flexibility index (Phi) is 6.87. The van der Waals surface area contributed by atoms with Crippen LogP contribution in [0.25, 0.3) is 5.69 Å². The van der Waals surface area contributed by atoms with Crippen molar-refractivity contribution in [2.45, 2.75) is 18.2 Å². The van der Waals surface area contributed by atoms with Gasteiger partial charge < -0.3 is 9.47 Å². The molecule has 7 heteroatoms. The van der Waals surface area contributed by atoms with Crippen molar-refractivity contribution in [2.24, 2.45) is 0 Å². The lowest BCUT2D eigenvalue weighted by atomic mass is 10.2. The van der Waals surface area contributed by atoms with Gasteiger partial charge in [0.2, 0.25) is 0 Å². The molecule has 0 saturated carbocycles. The minimum atomic E-state index is -0.404. The molecule has 1 aromatic heterocycles. The van der Waals surface area contributed by atoms with Crippen LogP contribution in [0.1, 0.15) is 29.2 Å². The van der Waals surface area contributed by atoms with E-state index in [9.17, 15) is 4.79 Å². The first kappa shape index (κ1) is 21.6. The molecule has 0 aliphatic rings. The average molecular weight is 446 g/mol. The number of hydrogen-bond acceptors (Lipinski definition) is 6. The molecule has 0 radical (unpaired) electrons. The van der Waals surface area contributed by atoms with Gasteiger partial charge in [-0.3, -0.25) is 9.36 Å². The summed E-state index contributed by atoms with van der Waals surface area (Å²) in [5, 5.41) is 9.42. The molecule has 1 atom stereocenters. The molecular formula is C25H23N3O3S. The Morgan fingerprint density at radius 2 is 1.53 bits per heavy atom. The molecule has 0 fully saturated rings. The number of benzene rings is 3. The minimum absolute atomic E-state index is 0.0399. The van der Waals surface area contributed by atoms with Crippen LogP contribution in [-0.4, -0.2) is 33.4 Å². The van der Waals surface area contributed by atoms with Crippen LogP contribution < -0.4 is 9.47 Å². The first-order chi connectivity index (χ1) is 15.7. The number of para-hydroxylation sites is 3. The maximum absolute atomic E-state index is 12.6. The fourth-order valence-electron chi connectivity index (χ4n) is 3.25. The van der Waals surface area contributed by atoms with Crippen molar-refractivity contribution in [3.8, 4) is 17.2 Å². The highest BCUT2D eigenvalue weighted by Gasteiger charge is 2.22. The van der Waals surface area contributed by atoms with Gasteiger partial charge in [0.15, 0.2) is 34.4 Å². The van der Waals surface area contributed by atoms with E-state index >= 15 is 0 Å². The second kappa shape index (κ2) is 10.2. The van der Waals surface area contributed by atoms with Crippen molar-refractivity contribution in [3.63, 3.8) is 0 Å². The summed E-state index contributed by atoms with van der Waals surface area (Å²) in [4.78, 5) is 12.6. The monoisotopic (exact) mass is 445 g/mol. The van der Waals surface area contributed by atoms with Crippen LogP contribution in [-0.2, 0) is 0 Å². The summed E-state index contributed by atoms with van der Waals surface area (Å²) in [5.41, 5.74) is 1.58. The number of methoxy groups -OCH3 is 1. The summed E-state index contributed by atoms with van der Waals surface area (Å²) in [5.74, 6) is 2.21. The minimum Gasteiger partial charge on any atom is -0.493 e. The van der Waals surface area contributed by atoms with Crippen LogP contribution in [0, 0.1) is 0 Å². The smallest absolute Gasteiger partial charge is 0.196 e. The van der Waals surface area contributed by atoms with Crippen LogP contribution in [0.2, 0.25) is 0 Å². The van der Waals surface area contributed by atoms with Gasteiger partial charge in [0.05, 0.1) is 12.9 Å². The van der Waals surface area contributed by atoms with Gasteiger partial charge in [-0.15, -0.1) is 10.2 Å². The van der Waals surface area contributed by atoms with Gasteiger partial charge in [-0.05, 0) is 31.2 Å². The topological polar surface area (TPSA) is 66.2 Å². The Morgan fingerprint density at radius 1 is 0.906 bits per heavy atom. The highest BCUT2D eigenvalue weighted by molar-refractivity contribution is 7.99. The van der Waals surface area contributed by atoms with Crippen molar-refractivity contribution in [2.75, 3.05) is 12.9 Å². The first-order valence-corrected chi connectivity index (χ1v) is 11.2. The molecular weight excluding hydrogens is 422 g/mol. The van der Waals surface area contributed by atoms with Gasteiger partial charge in [-0.2, -0.15) is 0 Å². The number of carbonyl (C=O) groups excluding carboxylic acids is 1. The van der Waals surface area contributed by atoms with Gasteiger partial charge in [-0.1, -0.05) is 72.4 Å². The van der Waals surface area contributed by atoms with Gasteiger partial charge in [-0.25, -0.2) is 0 Å². The van der Waals surface area contributed by atoms with Gasteiger partial charge in [0.1, 0.15) is 0 Å². The van der Waals surface area contributed by atoms with Crippen molar-refractivity contribution < 1.29 is 14.3 Å². The predicted octanol–water partition coefficient (Wildman–Crippen LogP) is 5.39. The molecule has 4 rings (SSSR count). The number of carbonyl (C=O) groups is 1. The molecule has 0 bridgehead atoms. The Hall–Kier alpha value is -3.58. The van der Waals surface area contributed by atoms with Crippen molar-refractivity contribution in [1.82, 2.24) is 14.8 Å². The summed E-state index contributed by atoms with van der Waals surface area (Å²) in [6, 6.07) is 26.6. The maximum Gasteiger partial charge on any atom is 0.196 e. The number of rotatable bonds is 9. The van der Waals surface area contributed by atoms with E-state index in [1.165, 1.54) is 11.8 Å². The normalized spacial score (nSPS) is 11.7. The molecule has 6 nitrogen and oxygen atoms in total. The van der Waals surface area contributed by atoms with Gasteiger partial charge in [0.25, 0.3) is 0 Å². The van der Waals surface area contributed by atoms with E-state index in [-0.39, 0.29) is 11.5 Å². The lowest BCUT2D eigenvalue weighted by Crippen LogP contribution is -2.12. The molecule has 4 aromatic rings. The number of ether oxygens (including phenoxy) is 2. The van der Waals surface area contributed by atoms with Crippen LogP contribution >= 0.6 is 11.8 Å². The molecule has 3 aromatic carbocycles. The van der Waals surface area contributed by atoms with Gasteiger partial charge >= 0.3 is 0 Å². The van der Waals surface area contributed by atoms with E-state index in [4.69, 9.17) is 9.47 Å². The Bertz CT molecular complexity index is 1180. The SMILES string of the molecule is COc1ccccc1OC(C)c1nnc(SCC(=O)c2ccccc2)n1-c1ccccc1. The lowest BCUT2D eigenvalue weighted by molar-refractivity contribution is 0.102. The number of thioether (sulfide) groups is 1. The summed E-state index contributed by atoms with van der Waals surface area (Å²) in [6.07, 6.45) is -0.404. The van der Waals surface area contributed by atoms with Crippen molar-refractivity contribution in [1.29, 1.82) is 0 Å². The molecule has 32 heavy (non-hydrogen) atoms. The first-order valence-electron chi connectivity index (χ1n) is 10.2. The number of nitrogens with zero attached hydrogens (tertiary/aromatic N) is 3. The van der Waals surface area contributed by atoms with E-state index in [1.54, 1.807) is 7.11 Å². The molecule has 1 heterocycles. The standard InChI is InChI=1S/C25H23N3O3S/c1-18(31-23-16-10-9-15-22(23)30-2)24-26-27-25(28(24)20-13-7-4-8-14-20)32-17-21(29)19-11-5-3-6-12-19/h3-16,18H,17H2,1-2H3. The Morgan fingerprint density at radius 3 is 2.22 bits per heavy atom. The number of aromatic nitrogens is 3. The van der Waals surface area contributed by atoms with E-state index in [2.05, 4.69) is 10.2 Å². The quantitative estimate of drug-likeness (QED) is 0.254. The lowest BCUT2D eigenvalue weighted by Gasteiger charge is -2.18. The third-order valence-corrected chi connectivity index (χ3v) is 5.77. The molecule has 0 aliphatic carbocycles. The highest BCUT2D eigenvalue weighted by atomic mass is 32.2. The number of hydrogen-bond donors (Lipinski definition) is 0. The van der Waals surface area contributed by atoms with E-state index in [1.807, 2.05) is 96.4 Å². The molecule has 162 valence electrons. The van der Waals surface area contributed by atoms with E-state index < -0.39 is 6.10 Å². The molecule has 0 aliphatic heterocycles. The second-order valence-corrected chi connectivity index (χ2v) is 7.94. The molecule has 1 unspecified atom stereocenters. The summed E-state index contributed by atoms with van der Waals surface area (Å²) in [6.45, 7) is 1.92. The zero-order chi connectivity index (χ0) is 22.3. The van der Waals surface area contributed by atoms with Crippen molar-refractivity contribution in [3.05, 3.63) is 96.3 Å². The zero-order valence-corrected chi connectivity index (χ0v) is 18.7. The summed E-state index contributed by atoms with van der Waals surface area (Å²) >= 11 is 1.36. The fourth-order valence-corrected chi connectivity index (χ4v) is 4.11. The predicted molar refractivity (Wildman–Crippen MR) is 125 cm³/mol. The van der Waals surface area contributed by atoms with Crippen LogP contribution in [0.4, 0.5) is 0 Å². The number of ketones is 1. The maximum atomic E-state index is 12.6. The molecule has 0 N–H and O–H groups in total. The Balaban J connectivity index is 1.61. The third-order valence-electron chi connectivity index (χ3n) is 4.84. The largest absolute Gasteiger partial charge is 0.493 e. The molecule has 0 spiro atoms. The zero-order valence-electron chi connectivity index (χ0n) is 17.8. The molecule has 0 amide bonds. The summed E-state index contributed by atoms with van der Waals surface area (Å²) < 4.78 is 13.5. The summed E-state index contributed by atoms with van der Waals surface area (Å²) in [7, 11) is 1.61. The average Bonchev–Trinajstić information content (AvgIpc) is 3.28. The van der Waals surface area contributed by atoms with Crippen molar-refractivity contribution >= 4 is 17.5 Å². The molecule has 0 saturated heterocycles. The third kappa shape index (κ3) is 4.84.